The highest BCUT2D eigenvalue weighted by Gasteiger charge is 2.12. The average molecular weight is 349 g/mol. The van der Waals surface area contributed by atoms with Crippen LogP contribution in [0.2, 0.25) is 0 Å². The summed E-state index contributed by atoms with van der Waals surface area (Å²) in [5.41, 5.74) is 2.41. The van der Waals surface area contributed by atoms with Crippen molar-refractivity contribution in [3.63, 3.8) is 0 Å². The molecule has 1 heterocycles. The van der Waals surface area contributed by atoms with Gasteiger partial charge in [0.05, 0.1) is 7.11 Å². The van der Waals surface area contributed by atoms with E-state index in [1.807, 2.05) is 24.3 Å². The van der Waals surface area contributed by atoms with E-state index in [4.69, 9.17) is 9.47 Å². The third-order valence-electron chi connectivity index (χ3n) is 4.08. The molecule has 0 spiro atoms. The van der Waals surface area contributed by atoms with Crippen molar-refractivity contribution in [2.75, 3.05) is 33.3 Å². The lowest BCUT2D eigenvalue weighted by Crippen LogP contribution is -2.42. The maximum atomic E-state index is 5.99. The second-order valence-corrected chi connectivity index (χ2v) is 5.79. The molecule has 1 fully saturated rings. The average Bonchev–Trinajstić information content (AvgIpc) is 2.62. The molecule has 5 heteroatoms. The topological polar surface area (TPSA) is 33.7 Å². The van der Waals surface area contributed by atoms with Crippen LogP contribution in [0.25, 0.3) is 0 Å². The molecule has 4 nitrogen and oxygen atoms in total. The Kier molecular flexibility index (Phi) is 7.37. The molecule has 0 saturated carbocycles. The number of rotatable bonds is 6. The molecule has 0 unspecified atom stereocenters. The molecule has 0 atom stereocenters. The predicted octanol–water partition coefficient (Wildman–Crippen LogP) is 3.10. The lowest BCUT2D eigenvalue weighted by Gasteiger charge is -2.27. The third-order valence-corrected chi connectivity index (χ3v) is 4.08. The number of benzene rings is 2. The summed E-state index contributed by atoms with van der Waals surface area (Å²) >= 11 is 0. The third kappa shape index (κ3) is 5.13. The fourth-order valence-electron chi connectivity index (χ4n) is 2.80. The molecule has 130 valence electrons. The van der Waals surface area contributed by atoms with E-state index in [2.05, 4.69) is 34.5 Å². The van der Waals surface area contributed by atoms with Gasteiger partial charge in [0.25, 0.3) is 0 Å². The van der Waals surface area contributed by atoms with Gasteiger partial charge >= 0.3 is 0 Å². The predicted molar refractivity (Wildman–Crippen MR) is 99.2 cm³/mol. The van der Waals surface area contributed by atoms with Crippen LogP contribution >= 0.6 is 12.4 Å². The summed E-state index contributed by atoms with van der Waals surface area (Å²) in [6, 6.07) is 16.4. The molecule has 24 heavy (non-hydrogen) atoms. The molecular weight excluding hydrogens is 324 g/mol. The van der Waals surface area contributed by atoms with E-state index in [-0.39, 0.29) is 12.4 Å². The van der Waals surface area contributed by atoms with Crippen molar-refractivity contribution in [2.24, 2.45) is 0 Å². The van der Waals surface area contributed by atoms with E-state index in [1.165, 1.54) is 5.56 Å². The summed E-state index contributed by atoms with van der Waals surface area (Å²) in [6.45, 7) is 5.81. The lowest BCUT2D eigenvalue weighted by molar-refractivity contribution is 0.232. The number of hydrogen-bond donors (Lipinski definition) is 1. The minimum absolute atomic E-state index is 0. The van der Waals surface area contributed by atoms with Gasteiger partial charge in [-0.1, -0.05) is 36.4 Å². The van der Waals surface area contributed by atoms with Gasteiger partial charge in [-0.3, -0.25) is 4.90 Å². The van der Waals surface area contributed by atoms with Gasteiger partial charge in [-0.2, -0.15) is 0 Å². The van der Waals surface area contributed by atoms with Crippen LogP contribution in [0, 0.1) is 0 Å². The normalized spacial score (nSPS) is 14.7. The molecule has 1 aliphatic rings. The highest BCUT2D eigenvalue weighted by molar-refractivity contribution is 5.85. The Bertz CT molecular complexity index is 616. The van der Waals surface area contributed by atoms with E-state index in [0.717, 1.165) is 49.8 Å². The summed E-state index contributed by atoms with van der Waals surface area (Å²) in [7, 11) is 1.68. The van der Waals surface area contributed by atoms with Crippen LogP contribution in [0.1, 0.15) is 11.1 Å². The Morgan fingerprint density at radius 1 is 0.958 bits per heavy atom. The van der Waals surface area contributed by atoms with E-state index in [9.17, 15) is 0 Å². The van der Waals surface area contributed by atoms with E-state index >= 15 is 0 Å². The molecule has 3 rings (SSSR count). The van der Waals surface area contributed by atoms with Gasteiger partial charge in [0.1, 0.15) is 6.61 Å². The van der Waals surface area contributed by atoms with Crippen LogP contribution in [0.3, 0.4) is 0 Å². The molecule has 0 radical (unpaired) electrons. The Morgan fingerprint density at radius 2 is 1.71 bits per heavy atom. The maximum absolute atomic E-state index is 5.99. The summed E-state index contributed by atoms with van der Waals surface area (Å²) in [5.74, 6) is 1.59. The van der Waals surface area contributed by atoms with Crippen LogP contribution in [-0.4, -0.2) is 38.2 Å². The lowest BCUT2D eigenvalue weighted by atomic mass is 10.1. The Hall–Kier alpha value is -1.75. The molecule has 1 saturated heterocycles. The smallest absolute Gasteiger partial charge is 0.161 e. The van der Waals surface area contributed by atoms with Crippen LogP contribution in [-0.2, 0) is 13.2 Å². The van der Waals surface area contributed by atoms with Gasteiger partial charge in [0.2, 0.25) is 0 Å². The molecule has 1 N–H and O–H groups in total. The second-order valence-electron chi connectivity index (χ2n) is 5.79. The van der Waals surface area contributed by atoms with E-state index in [0.29, 0.717) is 6.61 Å². The zero-order valence-corrected chi connectivity index (χ0v) is 14.8. The van der Waals surface area contributed by atoms with Crippen molar-refractivity contribution < 1.29 is 9.47 Å². The molecule has 1 aliphatic heterocycles. The Balaban J connectivity index is 0.00000208. The number of nitrogens with one attached hydrogen (secondary N) is 1. The number of piperazine rings is 1. The molecule has 0 aliphatic carbocycles. The first kappa shape index (κ1) is 18.6. The number of methoxy groups -OCH3 is 1. The molecule has 2 aromatic rings. The molecule has 2 aromatic carbocycles. The van der Waals surface area contributed by atoms with Crippen molar-refractivity contribution in [2.45, 2.75) is 13.2 Å². The van der Waals surface area contributed by atoms with Gasteiger partial charge in [-0.25, -0.2) is 0 Å². The van der Waals surface area contributed by atoms with Crippen LogP contribution in [0.15, 0.2) is 48.5 Å². The number of nitrogens with zero attached hydrogens (tertiary/aromatic N) is 1. The number of hydrogen-bond acceptors (Lipinski definition) is 4. The van der Waals surface area contributed by atoms with Gasteiger partial charge in [0, 0.05) is 32.7 Å². The first-order valence-electron chi connectivity index (χ1n) is 8.12. The summed E-state index contributed by atoms with van der Waals surface area (Å²) < 4.78 is 11.4. The summed E-state index contributed by atoms with van der Waals surface area (Å²) in [6.07, 6.45) is 0. The highest BCUT2D eigenvalue weighted by atomic mass is 35.5. The SMILES string of the molecule is COc1ccc(CN2CCNCC2)cc1OCc1ccccc1.Cl. The van der Waals surface area contributed by atoms with E-state index < -0.39 is 0 Å². The van der Waals surface area contributed by atoms with E-state index in [1.54, 1.807) is 7.11 Å². The van der Waals surface area contributed by atoms with Gasteiger partial charge in [-0.05, 0) is 23.3 Å². The van der Waals surface area contributed by atoms with Crippen molar-refractivity contribution in [3.8, 4) is 11.5 Å². The first-order chi connectivity index (χ1) is 11.3. The van der Waals surface area contributed by atoms with Crippen LogP contribution in [0.5, 0.6) is 11.5 Å². The highest BCUT2D eigenvalue weighted by Crippen LogP contribution is 2.29. The van der Waals surface area contributed by atoms with Gasteiger partial charge in [-0.15, -0.1) is 12.4 Å². The summed E-state index contributed by atoms with van der Waals surface area (Å²) in [4.78, 5) is 2.46. The molecular formula is C19H25ClN2O2. The quantitative estimate of drug-likeness (QED) is 0.869. The zero-order valence-electron chi connectivity index (χ0n) is 14.0. The van der Waals surface area contributed by atoms with Crippen molar-refractivity contribution in [1.82, 2.24) is 10.2 Å². The molecule has 0 aromatic heterocycles. The van der Waals surface area contributed by atoms with Crippen LogP contribution in [0.4, 0.5) is 0 Å². The summed E-state index contributed by atoms with van der Waals surface area (Å²) in [5, 5.41) is 3.38. The van der Waals surface area contributed by atoms with Crippen LogP contribution < -0.4 is 14.8 Å². The standard InChI is InChI=1S/C19H24N2O2.ClH/c1-22-18-8-7-17(14-21-11-9-20-10-12-21)13-19(18)23-15-16-5-3-2-4-6-16;/h2-8,13,20H,9-12,14-15H2,1H3;1H. The van der Waals surface area contributed by atoms with Crippen molar-refractivity contribution in [3.05, 3.63) is 59.7 Å². The van der Waals surface area contributed by atoms with Crippen molar-refractivity contribution in [1.29, 1.82) is 0 Å². The minimum atomic E-state index is 0. The van der Waals surface area contributed by atoms with Gasteiger partial charge in [0.15, 0.2) is 11.5 Å². The minimum Gasteiger partial charge on any atom is -0.493 e. The van der Waals surface area contributed by atoms with Gasteiger partial charge < -0.3 is 14.8 Å². The number of ether oxygens (including phenoxy) is 2. The molecule has 0 amide bonds. The van der Waals surface area contributed by atoms with Crippen molar-refractivity contribution >= 4 is 12.4 Å². The Morgan fingerprint density at radius 3 is 2.42 bits per heavy atom. The monoisotopic (exact) mass is 348 g/mol. The largest absolute Gasteiger partial charge is 0.493 e. The first-order valence-corrected chi connectivity index (χ1v) is 8.12. The fraction of sp³-hybridized carbons (Fsp3) is 0.368. The zero-order chi connectivity index (χ0) is 15.9. The fourth-order valence-corrected chi connectivity index (χ4v) is 2.80. The molecule has 0 bridgehead atoms. The maximum Gasteiger partial charge on any atom is 0.161 e. The number of halogens is 1. The Labute approximate surface area is 150 Å². The second kappa shape index (κ2) is 9.52.